The van der Waals surface area contributed by atoms with Gasteiger partial charge in [-0.15, -0.1) is 0 Å². The van der Waals surface area contributed by atoms with E-state index in [2.05, 4.69) is 0 Å². The van der Waals surface area contributed by atoms with E-state index in [1.807, 2.05) is 0 Å². The highest BCUT2D eigenvalue weighted by atomic mass is 19.2. The van der Waals surface area contributed by atoms with Crippen molar-refractivity contribution in [1.82, 2.24) is 0 Å². The Balaban J connectivity index is 2.69. The SMILES string of the molecule is O=C(O)c1ccccc1-c1ccc(C(=O)O)c(F)c1F. The quantitative estimate of drug-likeness (QED) is 0.905. The number of carbonyl (C=O) groups is 2. The molecule has 0 unspecified atom stereocenters. The first-order chi connectivity index (χ1) is 9.43. The molecule has 6 heteroatoms. The smallest absolute Gasteiger partial charge is 0.338 e. The van der Waals surface area contributed by atoms with Gasteiger partial charge in [0.25, 0.3) is 0 Å². The Morgan fingerprint density at radius 3 is 1.95 bits per heavy atom. The Bertz CT molecular complexity index is 710. The molecule has 0 aromatic heterocycles. The van der Waals surface area contributed by atoms with E-state index in [9.17, 15) is 18.4 Å². The third kappa shape index (κ3) is 2.23. The van der Waals surface area contributed by atoms with Crippen LogP contribution in [0.1, 0.15) is 20.7 Å². The molecule has 0 spiro atoms. The van der Waals surface area contributed by atoms with Crippen molar-refractivity contribution in [2.75, 3.05) is 0 Å². The van der Waals surface area contributed by atoms with E-state index < -0.39 is 29.1 Å². The lowest BCUT2D eigenvalue weighted by Gasteiger charge is -2.09. The van der Waals surface area contributed by atoms with E-state index in [0.717, 1.165) is 12.1 Å². The van der Waals surface area contributed by atoms with Crippen LogP contribution in [0.2, 0.25) is 0 Å². The first-order valence-corrected chi connectivity index (χ1v) is 5.47. The highest BCUT2D eigenvalue weighted by Crippen LogP contribution is 2.29. The molecule has 4 nitrogen and oxygen atoms in total. The lowest BCUT2D eigenvalue weighted by molar-refractivity contribution is 0.0682. The van der Waals surface area contributed by atoms with Gasteiger partial charge in [-0.05, 0) is 17.7 Å². The lowest BCUT2D eigenvalue weighted by atomic mass is 9.97. The summed E-state index contributed by atoms with van der Waals surface area (Å²) < 4.78 is 27.5. The summed E-state index contributed by atoms with van der Waals surface area (Å²) in [5, 5.41) is 17.7. The van der Waals surface area contributed by atoms with Gasteiger partial charge in [-0.1, -0.05) is 24.3 Å². The molecule has 0 aliphatic carbocycles. The van der Waals surface area contributed by atoms with Crippen molar-refractivity contribution in [2.45, 2.75) is 0 Å². The zero-order valence-corrected chi connectivity index (χ0v) is 9.93. The maximum Gasteiger partial charge on any atom is 0.338 e. The number of benzene rings is 2. The number of carboxylic acid groups (broad SMARTS) is 2. The van der Waals surface area contributed by atoms with Gasteiger partial charge in [-0.25, -0.2) is 18.4 Å². The molecule has 0 amide bonds. The average Bonchev–Trinajstić information content (AvgIpc) is 2.41. The first kappa shape index (κ1) is 13.7. The monoisotopic (exact) mass is 278 g/mol. The summed E-state index contributed by atoms with van der Waals surface area (Å²) in [6, 6.07) is 7.44. The number of rotatable bonds is 3. The predicted molar refractivity (Wildman–Crippen MR) is 65.7 cm³/mol. The molecule has 0 radical (unpaired) electrons. The molecule has 2 rings (SSSR count). The van der Waals surface area contributed by atoms with Crippen LogP contribution in [0.25, 0.3) is 11.1 Å². The summed E-state index contributed by atoms with van der Waals surface area (Å²) in [5.41, 5.74) is -1.33. The van der Waals surface area contributed by atoms with E-state index >= 15 is 0 Å². The van der Waals surface area contributed by atoms with Crippen LogP contribution in [0.4, 0.5) is 8.78 Å². The lowest BCUT2D eigenvalue weighted by Crippen LogP contribution is -2.05. The summed E-state index contributed by atoms with van der Waals surface area (Å²) in [5.74, 6) is -5.80. The highest BCUT2D eigenvalue weighted by molar-refractivity contribution is 5.96. The van der Waals surface area contributed by atoms with Crippen LogP contribution in [0.3, 0.4) is 0 Å². The minimum atomic E-state index is -1.60. The van der Waals surface area contributed by atoms with Crippen molar-refractivity contribution in [3.63, 3.8) is 0 Å². The Kier molecular flexibility index (Phi) is 3.47. The molecule has 0 bridgehead atoms. The van der Waals surface area contributed by atoms with Crippen molar-refractivity contribution in [1.29, 1.82) is 0 Å². The van der Waals surface area contributed by atoms with E-state index in [0.29, 0.717) is 0 Å². The third-order valence-corrected chi connectivity index (χ3v) is 2.76. The van der Waals surface area contributed by atoms with Gasteiger partial charge >= 0.3 is 11.9 Å². The average molecular weight is 278 g/mol. The Morgan fingerprint density at radius 2 is 1.35 bits per heavy atom. The third-order valence-electron chi connectivity index (χ3n) is 2.76. The van der Waals surface area contributed by atoms with E-state index in [-0.39, 0.29) is 16.7 Å². The molecule has 0 fully saturated rings. The van der Waals surface area contributed by atoms with Crippen LogP contribution in [0.15, 0.2) is 36.4 Å². The van der Waals surface area contributed by atoms with Crippen LogP contribution >= 0.6 is 0 Å². The van der Waals surface area contributed by atoms with Crippen LogP contribution in [-0.4, -0.2) is 22.2 Å². The molecular formula is C14H8F2O4. The molecule has 102 valence electrons. The summed E-state index contributed by atoms with van der Waals surface area (Å²) >= 11 is 0. The van der Waals surface area contributed by atoms with E-state index in [1.54, 1.807) is 0 Å². The number of hydrogen-bond donors (Lipinski definition) is 2. The maximum atomic E-state index is 13.9. The molecule has 0 saturated carbocycles. The number of halogens is 2. The van der Waals surface area contributed by atoms with Crippen LogP contribution < -0.4 is 0 Å². The molecule has 0 atom stereocenters. The minimum absolute atomic E-state index is 0.0201. The van der Waals surface area contributed by atoms with Gasteiger partial charge in [-0.3, -0.25) is 0 Å². The zero-order valence-electron chi connectivity index (χ0n) is 9.93. The van der Waals surface area contributed by atoms with Crippen molar-refractivity contribution in [3.05, 3.63) is 59.2 Å². The number of carboxylic acids is 2. The molecule has 2 aromatic rings. The fraction of sp³-hybridized carbons (Fsp3) is 0. The van der Waals surface area contributed by atoms with Gasteiger partial charge in [-0.2, -0.15) is 0 Å². The largest absolute Gasteiger partial charge is 0.478 e. The van der Waals surface area contributed by atoms with Gasteiger partial charge in [0.05, 0.1) is 11.1 Å². The van der Waals surface area contributed by atoms with Gasteiger partial charge in [0.1, 0.15) is 0 Å². The maximum absolute atomic E-state index is 13.9. The predicted octanol–water partition coefficient (Wildman–Crippen LogP) is 3.03. The Hall–Kier alpha value is -2.76. The second kappa shape index (κ2) is 5.08. The molecule has 2 N–H and O–H groups in total. The van der Waals surface area contributed by atoms with Crippen LogP contribution in [-0.2, 0) is 0 Å². The van der Waals surface area contributed by atoms with Crippen LogP contribution in [0.5, 0.6) is 0 Å². The van der Waals surface area contributed by atoms with Gasteiger partial charge < -0.3 is 10.2 Å². The van der Waals surface area contributed by atoms with Crippen molar-refractivity contribution in [2.24, 2.45) is 0 Å². The van der Waals surface area contributed by atoms with Gasteiger partial charge in [0.15, 0.2) is 11.6 Å². The highest BCUT2D eigenvalue weighted by Gasteiger charge is 2.21. The second-order valence-electron chi connectivity index (χ2n) is 3.94. The molecule has 2 aromatic carbocycles. The molecule has 0 aliphatic rings. The van der Waals surface area contributed by atoms with Crippen LogP contribution in [0, 0.1) is 11.6 Å². The molecule has 0 saturated heterocycles. The standard InChI is InChI=1S/C14H8F2O4/c15-11-8(5-6-10(12(11)16)14(19)20)7-3-1-2-4-9(7)13(17)18/h1-6H,(H,17,18)(H,19,20). The number of aromatic carboxylic acids is 2. The summed E-state index contributed by atoms with van der Waals surface area (Å²) in [4.78, 5) is 21.8. The molecular weight excluding hydrogens is 270 g/mol. The fourth-order valence-electron chi connectivity index (χ4n) is 1.83. The van der Waals surface area contributed by atoms with Crippen molar-refractivity contribution in [3.8, 4) is 11.1 Å². The summed E-state index contributed by atoms with van der Waals surface area (Å²) in [6.45, 7) is 0. The molecule has 20 heavy (non-hydrogen) atoms. The topological polar surface area (TPSA) is 74.6 Å². The van der Waals surface area contributed by atoms with Crippen molar-refractivity contribution >= 4 is 11.9 Å². The Morgan fingerprint density at radius 1 is 0.750 bits per heavy atom. The number of hydrogen-bond acceptors (Lipinski definition) is 2. The van der Waals surface area contributed by atoms with E-state index in [1.165, 1.54) is 24.3 Å². The second-order valence-corrected chi connectivity index (χ2v) is 3.94. The summed E-state index contributed by atoms with van der Waals surface area (Å²) in [6.07, 6.45) is 0. The van der Waals surface area contributed by atoms with E-state index in [4.69, 9.17) is 10.2 Å². The Labute approximate surface area is 111 Å². The van der Waals surface area contributed by atoms with Gasteiger partial charge in [0.2, 0.25) is 0 Å². The zero-order chi connectivity index (χ0) is 14.9. The summed E-state index contributed by atoms with van der Waals surface area (Å²) in [7, 11) is 0. The van der Waals surface area contributed by atoms with Gasteiger partial charge in [0, 0.05) is 5.56 Å². The molecule has 0 aliphatic heterocycles. The fourth-order valence-corrected chi connectivity index (χ4v) is 1.83. The minimum Gasteiger partial charge on any atom is -0.478 e. The van der Waals surface area contributed by atoms with Crippen molar-refractivity contribution < 1.29 is 28.6 Å². The molecule has 0 heterocycles. The normalized spacial score (nSPS) is 10.3. The first-order valence-electron chi connectivity index (χ1n) is 5.47.